The topological polar surface area (TPSA) is 3.24 Å². The van der Waals surface area contributed by atoms with Crippen molar-refractivity contribution in [3.8, 4) is 0 Å². The predicted molar refractivity (Wildman–Crippen MR) is 80.1 cm³/mol. The van der Waals surface area contributed by atoms with E-state index in [2.05, 4.69) is 4.90 Å². The van der Waals surface area contributed by atoms with Crippen LogP contribution in [0.4, 0.5) is 11.4 Å². The fourth-order valence-electron chi connectivity index (χ4n) is 1.96. The average Bonchev–Trinajstić information content (AvgIpc) is 2.32. The first-order chi connectivity index (χ1) is 8.56. The summed E-state index contributed by atoms with van der Waals surface area (Å²) in [6.07, 6.45) is 0. The molecular weight excluding hydrogens is 309 g/mol. The fraction of sp³-hybridized carbons (Fsp3) is 0.0769. The quantitative estimate of drug-likeness (QED) is 0.597. The molecule has 1 heterocycles. The molecule has 1 aliphatic heterocycles. The van der Waals surface area contributed by atoms with Crippen LogP contribution in [0.5, 0.6) is 0 Å². The smallest absolute Gasteiger partial charge is 0.0613 e. The van der Waals surface area contributed by atoms with Crippen LogP contribution in [0.15, 0.2) is 40.1 Å². The SMILES string of the molecule is CN1c2ccc(Cl)cc2Sc2cc(Cl)c(Cl)cc21. The highest BCUT2D eigenvalue weighted by atomic mass is 35.5. The second-order valence-corrected chi connectivity index (χ2v) is 6.34. The van der Waals surface area contributed by atoms with E-state index in [1.165, 1.54) is 0 Å². The molecule has 0 unspecified atom stereocenters. The van der Waals surface area contributed by atoms with Gasteiger partial charge in [0.25, 0.3) is 0 Å². The van der Waals surface area contributed by atoms with Crippen LogP contribution >= 0.6 is 46.6 Å². The van der Waals surface area contributed by atoms with Gasteiger partial charge in [-0.05, 0) is 30.3 Å². The second-order valence-electron chi connectivity index (χ2n) is 4.01. The summed E-state index contributed by atoms with van der Waals surface area (Å²) in [5, 5.41) is 1.88. The van der Waals surface area contributed by atoms with Gasteiger partial charge in [0.15, 0.2) is 0 Å². The minimum absolute atomic E-state index is 0.570. The lowest BCUT2D eigenvalue weighted by molar-refractivity contribution is 1.11. The molecular formula is C13H8Cl3NS. The van der Waals surface area contributed by atoms with Gasteiger partial charge < -0.3 is 4.90 Å². The monoisotopic (exact) mass is 315 g/mol. The molecule has 0 aromatic heterocycles. The Bertz CT molecular complexity index is 642. The van der Waals surface area contributed by atoms with Gasteiger partial charge in [-0.3, -0.25) is 0 Å². The summed E-state index contributed by atoms with van der Waals surface area (Å²) in [5.74, 6) is 0. The molecule has 92 valence electrons. The van der Waals surface area contributed by atoms with Crippen molar-refractivity contribution < 1.29 is 0 Å². The molecule has 0 radical (unpaired) electrons. The third-order valence-electron chi connectivity index (χ3n) is 2.87. The van der Waals surface area contributed by atoms with E-state index in [0.717, 1.165) is 26.2 Å². The highest BCUT2D eigenvalue weighted by Crippen LogP contribution is 2.50. The Hall–Kier alpha value is -0.540. The lowest BCUT2D eigenvalue weighted by Crippen LogP contribution is -2.14. The molecule has 3 rings (SSSR count). The lowest BCUT2D eigenvalue weighted by atomic mass is 10.2. The van der Waals surface area contributed by atoms with E-state index >= 15 is 0 Å². The summed E-state index contributed by atoms with van der Waals surface area (Å²) in [6.45, 7) is 0. The molecule has 1 nitrogen and oxygen atoms in total. The van der Waals surface area contributed by atoms with E-state index in [1.807, 2.05) is 37.4 Å². The molecule has 0 spiro atoms. The van der Waals surface area contributed by atoms with Crippen LogP contribution in [0, 0.1) is 0 Å². The first-order valence-corrected chi connectivity index (χ1v) is 7.21. The average molecular weight is 317 g/mol. The summed E-state index contributed by atoms with van der Waals surface area (Å²) < 4.78 is 0. The highest BCUT2D eigenvalue weighted by Gasteiger charge is 2.22. The zero-order valence-corrected chi connectivity index (χ0v) is 12.5. The molecule has 2 aromatic rings. The largest absolute Gasteiger partial charge is 0.343 e. The molecule has 1 aliphatic rings. The summed E-state index contributed by atoms with van der Waals surface area (Å²) in [7, 11) is 2.01. The summed E-state index contributed by atoms with van der Waals surface area (Å²) in [4.78, 5) is 4.30. The summed E-state index contributed by atoms with van der Waals surface area (Å²) >= 11 is 19.8. The van der Waals surface area contributed by atoms with Crippen molar-refractivity contribution >= 4 is 57.9 Å². The number of hydrogen-bond acceptors (Lipinski definition) is 2. The second kappa shape index (κ2) is 4.53. The predicted octanol–water partition coefficient (Wildman–Crippen LogP) is 5.88. The molecule has 0 atom stereocenters. The van der Waals surface area contributed by atoms with Crippen LogP contribution in [-0.4, -0.2) is 7.05 Å². The summed E-state index contributed by atoms with van der Waals surface area (Å²) in [5.41, 5.74) is 2.18. The Morgan fingerprint density at radius 2 is 1.56 bits per heavy atom. The minimum atomic E-state index is 0.570. The molecule has 0 fully saturated rings. The van der Waals surface area contributed by atoms with E-state index in [9.17, 15) is 0 Å². The van der Waals surface area contributed by atoms with Crippen molar-refractivity contribution in [1.29, 1.82) is 0 Å². The highest BCUT2D eigenvalue weighted by molar-refractivity contribution is 7.99. The van der Waals surface area contributed by atoms with Crippen LogP contribution in [0.25, 0.3) is 0 Å². The van der Waals surface area contributed by atoms with E-state index in [0.29, 0.717) is 10.0 Å². The molecule has 0 saturated carbocycles. The molecule has 0 aliphatic carbocycles. The van der Waals surface area contributed by atoms with Gasteiger partial charge in [-0.2, -0.15) is 0 Å². The number of rotatable bonds is 0. The molecule has 18 heavy (non-hydrogen) atoms. The van der Waals surface area contributed by atoms with Crippen LogP contribution in [-0.2, 0) is 0 Å². The normalized spacial score (nSPS) is 13.2. The number of halogens is 3. The van der Waals surface area contributed by atoms with Crippen molar-refractivity contribution in [1.82, 2.24) is 0 Å². The van der Waals surface area contributed by atoms with Crippen molar-refractivity contribution in [2.45, 2.75) is 9.79 Å². The van der Waals surface area contributed by atoms with Crippen LogP contribution < -0.4 is 4.90 Å². The van der Waals surface area contributed by atoms with E-state index in [1.54, 1.807) is 11.8 Å². The number of hydrogen-bond donors (Lipinski definition) is 0. The van der Waals surface area contributed by atoms with E-state index in [4.69, 9.17) is 34.8 Å². The Kier molecular flexibility index (Phi) is 3.15. The van der Waals surface area contributed by atoms with E-state index < -0.39 is 0 Å². The van der Waals surface area contributed by atoms with Crippen LogP contribution in [0.3, 0.4) is 0 Å². The van der Waals surface area contributed by atoms with Gasteiger partial charge in [0.1, 0.15) is 0 Å². The van der Waals surface area contributed by atoms with Crippen molar-refractivity contribution in [2.24, 2.45) is 0 Å². The van der Waals surface area contributed by atoms with Gasteiger partial charge in [-0.1, -0.05) is 46.6 Å². The van der Waals surface area contributed by atoms with Gasteiger partial charge in [0.2, 0.25) is 0 Å². The third-order valence-corrected chi connectivity index (χ3v) is 4.92. The number of fused-ring (bicyclic) bond motifs is 2. The van der Waals surface area contributed by atoms with Crippen molar-refractivity contribution in [3.05, 3.63) is 45.4 Å². The number of benzene rings is 2. The molecule has 0 amide bonds. The van der Waals surface area contributed by atoms with Gasteiger partial charge >= 0.3 is 0 Å². The molecule has 5 heteroatoms. The maximum atomic E-state index is 6.07. The first kappa shape index (κ1) is 12.5. The van der Waals surface area contributed by atoms with Gasteiger partial charge in [0.05, 0.1) is 21.4 Å². The van der Waals surface area contributed by atoms with Gasteiger partial charge in [-0.25, -0.2) is 0 Å². The van der Waals surface area contributed by atoms with Gasteiger partial charge in [0, 0.05) is 21.9 Å². The van der Waals surface area contributed by atoms with Crippen LogP contribution in [0.2, 0.25) is 15.1 Å². The Labute approximate surface area is 125 Å². The summed E-state index contributed by atoms with van der Waals surface area (Å²) in [6, 6.07) is 9.65. The molecule has 0 N–H and O–H groups in total. The van der Waals surface area contributed by atoms with Crippen molar-refractivity contribution in [3.63, 3.8) is 0 Å². The first-order valence-electron chi connectivity index (χ1n) is 5.26. The van der Waals surface area contributed by atoms with Gasteiger partial charge in [-0.15, -0.1) is 0 Å². The Morgan fingerprint density at radius 1 is 0.889 bits per heavy atom. The molecule has 0 saturated heterocycles. The number of nitrogens with zero attached hydrogens (tertiary/aromatic N) is 1. The minimum Gasteiger partial charge on any atom is -0.343 e. The molecule has 0 bridgehead atoms. The molecule has 2 aromatic carbocycles. The van der Waals surface area contributed by atoms with Crippen LogP contribution in [0.1, 0.15) is 0 Å². The zero-order chi connectivity index (χ0) is 12.9. The maximum absolute atomic E-state index is 6.07. The maximum Gasteiger partial charge on any atom is 0.0613 e. The standard InChI is InChI=1S/C13H8Cl3NS/c1-17-10-3-2-7(14)4-12(10)18-13-6-9(16)8(15)5-11(13)17/h2-6H,1H3. The van der Waals surface area contributed by atoms with Crippen molar-refractivity contribution in [2.75, 3.05) is 11.9 Å². The third kappa shape index (κ3) is 1.97. The Morgan fingerprint density at radius 3 is 2.33 bits per heavy atom. The lowest BCUT2D eigenvalue weighted by Gasteiger charge is -2.29. The zero-order valence-electron chi connectivity index (χ0n) is 9.38. The number of anilines is 2. The Balaban J connectivity index is 2.18. The van der Waals surface area contributed by atoms with E-state index in [-0.39, 0.29) is 0 Å². The fourth-order valence-corrected chi connectivity index (χ4v) is 3.79.